The van der Waals surface area contributed by atoms with Crippen molar-refractivity contribution in [3.63, 3.8) is 0 Å². The molecule has 0 amide bonds. The van der Waals surface area contributed by atoms with E-state index in [0.29, 0.717) is 42.6 Å². The van der Waals surface area contributed by atoms with Crippen molar-refractivity contribution in [3.8, 4) is 5.75 Å². The smallest absolute Gasteiger partial charge is 0.243 e. The average Bonchev–Trinajstić information content (AvgIpc) is 2.67. The molecular weight excluding hydrogens is 408 g/mol. The molecule has 3 rings (SSSR count). The molecule has 1 aliphatic heterocycles. The maximum absolute atomic E-state index is 13.5. The summed E-state index contributed by atoms with van der Waals surface area (Å²) in [4.78, 5) is 2.61. The third kappa shape index (κ3) is 4.17. The van der Waals surface area contributed by atoms with Gasteiger partial charge in [0, 0.05) is 43.3 Å². The van der Waals surface area contributed by atoms with Crippen LogP contribution in [0.4, 0.5) is 0 Å². The van der Waals surface area contributed by atoms with Crippen LogP contribution in [0.1, 0.15) is 33.4 Å². The number of phenolic OH excluding ortho intramolecular Hbond substituents is 1. The molecule has 7 heteroatoms. The van der Waals surface area contributed by atoms with Crippen molar-refractivity contribution >= 4 is 21.6 Å². The minimum Gasteiger partial charge on any atom is -0.508 e. The number of rotatable bonds is 4. The van der Waals surface area contributed by atoms with Gasteiger partial charge >= 0.3 is 0 Å². The lowest BCUT2D eigenvalue weighted by Gasteiger charge is -2.35. The number of halogens is 1. The first kappa shape index (κ1) is 22.1. The molecule has 0 bridgehead atoms. The van der Waals surface area contributed by atoms with E-state index in [-0.39, 0.29) is 5.75 Å². The summed E-state index contributed by atoms with van der Waals surface area (Å²) in [5.41, 5.74) is 5.74. The molecule has 1 heterocycles. The maximum atomic E-state index is 13.5. The van der Waals surface area contributed by atoms with Crippen LogP contribution in [0.5, 0.6) is 5.75 Å². The standard InChI is InChI=1S/C22H29ClN2O3S/c1-14-15(2)17(4)22(18(5)16(14)3)29(27,28)25-10-8-24(9-11-25)13-19-6-7-20(23)12-21(19)26/h6-7,12,26H,8-11,13H2,1-5H3. The lowest BCUT2D eigenvalue weighted by molar-refractivity contribution is 0.180. The molecule has 0 saturated carbocycles. The van der Waals surface area contributed by atoms with E-state index in [1.807, 2.05) is 40.7 Å². The minimum absolute atomic E-state index is 0.171. The Morgan fingerprint density at radius 3 is 1.93 bits per heavy atom. The fourth-order valence-corrected chi connectivity index (χ4v) is 6.17. The summed E-state index contributed by atoms with van der Waals surface area (Å²) in [5.74, 6) is 0.171. The molecule has 1 saturated heterocycles. The molecular formula is C22H29ClN2O3S. The van der Waals surface area contributed by atoms with Gasteiger partial charge in [0.2, 0.25) is 10.0 Å². The first-order chi connectivity index (χ1) is 13.5. The van der Waals surface area contributed by atoms with E-state index in [1.165, 1.54) is 6.07 Å². The normalized spacial score (nSPS) is 16.3. The zero-order valence-corrected chi connectivity index (χ0v) is 19.3. The van der Waals surface area contributed by atoms with Gasteiger partial charge in [0.05, 0.1) is 4.90 Å². The van der Waals surface area contributed by atoms with Crippen LogP contribution in [0.25, 0.3) is 0 Å². The van der Waals surface area contributed by atoms with Gasteiger partial charge in [0.25, 0.3) is 0 Å². The Hall–Kier alpha value is -1.60. The Morgan fingerprint density at radius 2 is 1.41 bits per heavy atom. The highest BCUT2D eigenvalue weighted by atomic mass is 35.5. The number of hydrogen-bond acceptors (Lipinski definition) is 4. The summed E-state index contributed by atoms with van der Waals surface area (Å²) < 4.78 is 28.5. The fraction of sp³-hybridized carbons (Fsp3) is 0.455. The summed E-state index contributed by atoms with van der Waals surface area (Å²) in [5, 5.41) is 10.6. The molecule has 1 aliphatic rings. The third-order valence-electron chi connectivity index (χ3n) is 6.30. The summed E-state index contributed by atoms with van der Waals surface area (Å²) in [6.07, 6.45) is 0. The zero-order valence-electron chi connectivity index (χ0n) is 17.7. The molecule has 2 aromatic carbocycles. The lowest BCUT2D eigenvalue weighted by Crippen LogP contribution is -2.48. The number of piperazine rings is 1. The Labute approximate surface area is 179 Å². The first-order valence-electron chi connectivity index (χ1n) is 9.81. The average molecular weight is 437 g/mol. The molecule has 0 atom stereocenters. The number of sulfonamides is 1. The molecule has 0 radical (unpaired) electrons. The van der Waals surface area contributed by atoms with E-state index < -0.39 is 10.0 Å². The molecule has 158 valence electrons. The molecule has 2 aromatic rings. The van der Waals surface area contributed by atoms with Gasteiger partial charge in [-0.1, -0.05) is 17.7 Å². The van der Waals surface area contributed by atoms with Crippen molar-refractivity contribution in [2.24, 2.45) is 0 Å². The number of nitrogens with zero attached hydrogens (tertiary/aromatic N) is 2. The zero-order chi connectivity index (χ0) is 21.5. The van der Waals surface area contributed by atoms with E-state index in [1.54, 1.807) is 10.4 Å². The van der Waals surface area contributed by atoms with Crippen LogP contribution in [-0.2, 0) is 16.6 Å². The molecule has 0 unspecified atom stereocenters. The number of phenols is 1. The second kappa shape index (κ2) is 8.26. The summed E-state index contributed by atoms with van der Waals surface area (Å²) >= 11 is 5.90. The van der Waals surface area contributed by atoms with E-state index >= 15 is 0 Å². The highest BCUT2D eigenvalue weighted by molar-refractivity contribution is 7.89. The van der Waals surface area contributed by atoms with Crippen LogP contribution in [0.2, 0.25) is 5.02 Å². The first-order valence-corrected chi connectivity index (χ1v) is 11.6. The van der Waals surface area contributed by atoms with Crippen LogP contribution in [0.3, 0.4) is 0 Å². The molecule has 0 aromatic heterocycles. The van der Waals surface area contributed by atoms with Crippen molar-refractivity contribution in [1.29, 1.82) is 0 Å². The monoisotopic (exact) mass is 436 g/mol. The minimum atomic E-state index is -3.56. The van der Waals surface area contributed by atoms with Crippen molar-refractivity contribution in [1.82, 2.24) is 9.21 Å². The van der Waals surface area contributed by atoms with Crippen LogP contribution >= 0.6 is 11.6 Å². The van der Waals surface area contributed by atoms with E-state index in [2.05, 4.69) is 4.90 Å². The second-order valence-electron chi connectivity index (χ2n) is 7.91. The Balaban J connectivity index is 1.79. The fourth-order valence-electron chi connectivity index (χ4n) is 4.02. The van der Waals surface area contributed by atoms with E-state index in [0.717, 1.165) is 33.4 Å². The number of benzene rings is 2. The van der Waals surface area contributed by atoms with Crippen LogP contribution in [0.15, 0.2) is 23.1 Å². The van der Waals surface area contributed by atoms with Gasteiger partial charge in [0.1, 0.15) is 5.75 Å². The quantitative estimate of drug-likeness (QED) is 0.783. The van der Waals surface area contributed by atoms with Crippen molar-refractivity contribution in [2.45, 2.75) is 46.1 Å². The third-order valence-corrected chi connectivity index (χ3v) is 8.71. The van der Waals surface area contributed by atoms with Gasteiger partial charge in [-0.2, -0.15) is 4.31 Å². The lowest BCUT2D eigenvalue weighted by atomic mass is 9.95. The van der Waals surface area contributed by atoms with Crippen LogP contribution < -0.4 is 0 Å². The highest BCUT2D eigenvalue weighted by Gasteiger charge is 2.32. The largest absolute Gasteiger partial charge is 0.508 e. The SMILES string of the molecule is Cc1c(C)c(C)c(S(=O)(=O)N2CCN(Cc3ccc(Cl)cc3O)CC2)c(C)c1C. The predicted molar refractivity (Wildman–Crippen MR) is 117 cm³/mol. The number of aromatic hydroxyl groups is 1. The summed E-state index contributed by atoms with van der Waals surface area (Å²) in [6.45, 7) is 12.5. The predicted octanol–water partition coefficient (Wildman–Crippen LogP) is 4.09. The van der Waals surface area contributed by atoms with E-state index in [9.17, 15) is 13.5 Å². The topological polar surface area (TPSA) is 60.9 Å². The molecule has 29 heavy (non-hydrogen) atoms. The second-order valence-corrected chi connectivity index (χ2v) is 10.2. The summed E-state index contributed by atoms with van der Waals surface area (Å²) in [6, 6.07) is 5.10. The van der Waals surface area contributed by atoms with Crippen LogP contribution in [0, 0.1) is 34.6 Å². The molecule has 0 spiro atoms. The summed E-state index contributed by atoms with van der Waals surface area (Å²) in [7, 11) is -3.56. The van der Waals surface area contributed by atoms with Gasteiger partial charge in [0.15, 0.2) is 0 Å². The Bertz CT molecular complexity index is 1010. The van der Waals surface area contributed by atoms with Crippen LogP contribution in [-0.4, -0.2) is 48.9 Å². The van der Waals surface area contributed by atoms with Crippen molar-refractivity contribution < 1.29 is 13.5 Å². The molecule has 0 aliphatic carbocycles. The molecule has 5 nitrogen and oxygen atoms in total. The Morgan fingerprint density at radius 1 is 0.897 bits per heavy atom. The van der Waals surface area contributed by atoms with Gasteiger partial charge in [-0.05, 0) is 74.6 Å². The van der Waals surface area contributed by atoms with Gasteiger partial charge in [-0.15, -0.1) is 0 Å². The van der Waals surface area contributed by atoms with Crippen molar-refractivity contribution in [3.05, 3.63) is 56.6 Å². The molecule has 1 N–H and O–H groups in total. The highest BCUT2D eigenvalue weighted by Crippen LogP contribution is 2.32. The van der Waals surface area contributed by atoms with Gasteiger partial charge in [-0.3, -0.25) is 4.90 Å². The molecule has 1 fully saturated rings. The maximum Gasteiger partial charge on any atom is 0.243 e. The van der Waals surface area contributed by atoms with Gasteiger partial charge in [-0.25, -0.2) is 8.42 Å². The van der Waals surface area contributed by atoms with Gasteiger partial charge < -0.3 is 5.11 Å². The Kier molecular flexibility index (Phi) is 6.30. The number of hydrogen-bond donors (Lipinski definition) is 1. The van der Waals surface area contributed by atoms with E-state index in [4.69, 9.17) is 11.6 Å². The van der Waals surface area contributed by atoms with Crippen molar-refractivity contribution in [2.75, 3.05) is 26.2 Å².